The fourth-order valence-corrected chi connectivity index (χ4v) is 8.38. The van der Waals surface area contributed by atoms with Crippen molar-refractivity contribution in [2.75, 3.05) is 0 Å². The Morgan fingerprint density at radius 2 is 1.23 bits per heavy atom. The van der Waals surface area contributed by atoms with Gasteiger partial charge in [-0.15, -0.1) is 22.7 Å². The zero-order valence-electron chi connectivity index (χ0n) is 27.6. The molecule has 4 aromatic rings. The van der Waals surface area contributed by atoms with Gasteiger partial charge in [-0.05, 0) is 105 Å². The second kappa shape index (κ2) is 16.1. The molecule has 1 nitrogen and oxygen atoms in total. The van der Waals surface area contributed by atoms with Crippen LogP contribution in [0, 0.1) is 13.8 Å². The van der Waals surface area contributed by atoms with Gasteiger partial charge in [-0.2, -0.15) is 0 Å². The van der Waals surface area contributed by atoms with Crippen molar-refractivity contribution in [1.82, 2.24) is 0 Å². The van der Waals surface area contributed by atoms with Gasteiger partial charge in [0, 0.05) is 30.6 Å². The number of aryl methyl sites for hydroxylation is 2. The molecule has 44 heavy (non-hydrogen) atoms. The van der Waals surface area contributed by atoms with Crippen molar-refractivity contribution in [3.8, 4) is 27.3 Å². The van der Waals surface area contributed by atoms with E-state index in [2.05, 4.69) is 101 Å². The fourth-order valence-electron chi connectivity index (χ4n) is 6.69. The molecule has 234 valence electrons. The maximum Gasteiger partial charge on any atom is 0.135 e. The quantitative estimate of drug-likeness (QED) is 0.106. The number of unbranched alkanes of at least 4 members (excludes halogenated alkanes) is 10. The highest BCUT2D eigenvalue weighted by Crippen LogP contribution is 2.51. The molecule has 3 heterocycles. The Morgan fingerprint density at radius 3 is 1.89 bits per heavy atom. The SMILES string of the molecule is CCCCCCCCC1(CCCCCCCC)Oc2cc(C)ccc2-c2ccc(-c3ccc(/C=C/c4ccc(C)s4)s3)cc21. The minimum atomic E-state index is -0.265. The largest absolute Gasteiger partial charge is 0.482 e. The smallest absolute Gasteiger partial charge is 0.135 e. The number of rotatable bonds is 17. The lowest BCUT2D eigenvalue weighted by Gasteiger charge is -2.41. The predicted molar refractivity (Wildman–Crippen MR) is 196 cm³/mol. The molecule has 0 N–H and O–H groups in total. The Bertz CT molecular complexity index is 1490. The summed E-state index contributed by atoms with van der Waals surface area (Å²) in [6.45, 7) is 8.96. The summed E-state index contributed by atoms with van der Waals surface area (Å²) < 4.78 is 7.26. The molecule has 5 rings (SSSR count). The second-order valence-electron chi connectivity index (χ2n) is 12.9. The van der Waals surface area contributed by atoms with E-state index in [9.17, 15) is 0 Å². The third-order valence-electron chi connectivity index (χ3n) is 9.20. The van der Waals surface area contributed by atoms with Crippen LogP contribution in [0.2, 0.25) is 0 Å². The molecule has 0 radical (unpaired) electrons. The zero-order chi connectivity index (χ0) is 30.8. The molecule has 3 heteroatoms. The van der Waals surface area contributed by atoms with Crippen LogP contribution in [0.25, 0.3) is 33.7 Å². The third kappa shape index (κ3) is 8.34. The number of ether oxygens (including phenoxy) is 1. The number of hydrogen-bond acceptors (Lipinski definition) is 3. The molecule has 0 saturated heterocycles. The summed E-state index contributed by atoms with van der Waals surface area (Å²) in [5.74, 6) is 1.08. The first-order chi connectivity index (χ1) is 21.5. The first kappa shape index (κ1) is 32.8. The molecule has 0 fully saturated rings. The Hall–Kier alpha value is -2.62. The summed E-state index contributed by atoms with van der Waals surface area (Å²) >= 11 is 3.73. The van der Waals surface area contributed by atoms with Crippen molar-refractivity contribution in [3.05, 3.63) is 86.4 Å². The molecule has 0 unspecified atom stereocenters. The van der Waals surface area contributed by atoms with Gasteiger partial charge in [-0.3, -0.25) is 0 Å². The average molecular weight is 625 g/mol. The lowest BCUT2D eigenvalue weighted by atomic mass is 9.76. The van der Waals surface area contributed by atoms with Crippen LogP contribution < -0.4 is 4.74 Å². The summed E-state index contributed by atoms with van der Waals surface area (Å²) in [7, 11) is 0. The van der Waals surface area contributed by atoms with E-state index in [1.165, 1.54) is 124 Å². The van der Waals surface area contributed by atoms with Crippen LogP contribution in [0.3, 0.4) is 0 Å². The van der Waals surface area contributed by atoms with E-state index < -0.39 is 0 Å². The van der Waals surface area contributed by atoms with Crippen LogP contribution >= 0.6 is 22.7 Å². The minimum Gasteiger partial charge on any atom is -0.482 e. The molecule has 1 aliphatic rings. The Kier molecular flexibility index (Phi) is 12.0. The van der Waals surface area contributed by atoms with E-state index in [1.807, 2.05) is 22.7 Å². The van der Waals surface area contributed by atoms with Gasteiger partial charge in [0.15, 0.2) is 0 Å². The number of benzene rings is 2. The monoisotopic (exact) mass is 624 g/mol. The first-order valence-corrected chi connectivity index (χ1v) is 18.9. The zero-order valence-corrected chi connectivity index (χ0v) is 29.2. The molecule has 0 amide bonds. The molecule has 0 spiro atoms. The summed E-state index contributed by atoms with van der Waals surface area (Å²) in [5, 5.41) is 0. The molecular formula is C41H52OS2. The first-order valence-electron chi connectivity index (χ1n) is 17.3. The molecule has 1 aliphatic heterocycles. The number of thiophene rings is 2. The van der Waals surface area contributed by atoms with E-state index in [0.717, 1.165) is 18.6 Å². The van der Waals surface area contributed by atoms with Crippen molar-refractivity contribution in [3.63, 3.8) is 0 Å². The van der Waals surface area contributed by atoms with Crippen molar-refractivity contribution >= 4 is 34.8 Å². The molecule has 2 aromatic heterocycles. The van der Waals surface area contributed by atoms with Crippen LogP contribution in [-0.4, -0.2) is 0 Å². The lowest BCUT2D eigenvalue weighted by molar-refractivity contribution is 0.0385. The van der Waals surface area contributed by atoms with Crippen LogP contribution in [-0.2, 0) is 5.60 Å². The molecule has 0 bridgehead atoms. The third-order valence-corrected chi connectivity index (χ3v) is 11.3. The maximum atomic E-state index is 7.26. The van der Waals surface area contributed by atoms with Gasteiger partial charge >= 0.3 is 0 Å². The van der Waals surface area contributed by atoms with Crippen molar-refractivity contribution in [1.29, 1.82) is 0 Å². The normalized spacial score (nSPS) is 13.6. The van der Waals surface area contributed by atoms with Gasteiger partial charge in [0.25, 0.3) is 0 Å². The highest BCUT2D eigenvalue weighted by Gasteiger charge is 2.40. The van der Waals surface area contributed by atoms with E-state index in [4.69, 9.17) is 4.74 Å². The molecule has 0 saturated carbocycles. The van der Waals surface area contributed by atoms with E-state index >= 15 is 0 Å². The summed E-state index contributed by atoms with van der Waals surface area (Å²) in [6, 6.07) is 23.0. The van der Waals surface area contributed by atoms with Crippen LogP contribution in [0.5, 0.6) is 5.75 Å². The van der Waals surface area contributed by atoms with Gasteiger partial charge in [0.05, 0.1) is 0 Å². The van der Waals surface area contributed by atoms with Gasteiger partial charge in [0.2, 0.25) is 0 Å². The van der Waals surface area contributed by atoms with E-state index in [-0.39, 0.29) is 5.60 Å². The highest BCUT2D eigenvalue weighted by atomic mass is 32.1. The molecule has 2 aromatic carbocycles. The standard InChI is InChI=1S/C41H52OS2/c1-5-7-9-11-13-15-27-41(28-16-14-12-10-8-6-2)38-30-33(19-25-36(38)37-24-17-31(3)29-39(37)42-41)40-26-23-35(44-40)22-21-34-20-18-32(4)43-34/h17-26,29-30H,5-16,27-28H2,1-4H3/b22-21+. The molecule has 0 aliphatic carbocycles. The number of fused-ring (bicyclic) bond motifs is 3. The van der Waals surface area contributed by atoms with Gasteiger partial charge in [-0.25, -0.2) is 0 Å². The summed E-state index contributed by atoms with van der Waals surface area (Å²) in [6.07, 6.45) is 22.4. The Balaban J connectivity index is 1.46. The van der Waals surface area contributed by atoms with Gasteiger partial charge < -0.3 is 4.74 Å². The van der Waals surface area contributed by atoms with Crippen molar-refractivity contribution in [2.24, 2.45) is 0 Å². The Labute approximate surface area is 275 Å². The predicted octanol–water partition coefficient (Wildman–Crippen LogP) is 14.0. The summed E-state index contributed by atoms with van der Waals surface area (Å²) in [5.41, 5.74) is 6.35. The molecular weight excluding hydrogens is 573 g/mol. The van der Waals surface area contributed by atoms with E-state index in [1.54, 1.807) is 0 Å². The maximum absolute atomic E-state index is 7.26. The van der Waals surface area contributed by atoms with Crippen molar-refractivity contribution in [2.45, 2.75) is 123 Å². The lowest BCUT2D eigenvalue weighted by Crippen LogP contribution is -2.36. The average Bonchev–Trinajstić information content (AvgIpc) is 3.68. The molecule has 0 atom stereocenters. The highest BCUT2D eigenvalue weighted by molar-refractivity contribution is 7.16. The topological polar surface area (TPSA) is 9.23 Å². The Morgan fingerprint density at radius 1 is 0.614 bits per heavy atom. The van der Waals surface area contributed by atoms with Crippen LogP contribution in [0.1, 0.15) is 129 Å². The second-order valence-corrected chi connectivity index (χ2v) is 15.3. The van der Waals surface area contributed by atoms with Gasteiger partial charge in [-0.1, -0.05) is 102 Å². The minimum absolute atomic E-state index is 0.265. The van der Waals surface area contributed by atoms with Crippen LogP contribution in [0.4, 0.5) is 0 Å². The fraction of sp³-hybridized carbons (Fsp3) is 0.463. The van der Waals surface area contributed by atoms with Crippen LogP contribution in [0.15, 0.2) is 60.7 Å². The van der Waals surface area contributed by atoms with Gasteiger partial charge in [0.1, 0.15) is 11.4 Å². The van der Waals surface area contributed by atoms with E-state index in [0.29, 0.717) is 0 Å². The van der Waals surface area contributed by atoms with Crippen molar-refractivity contribution < 1.29 is 4.74 Å². The summed E-state index contributed by atoms with van der Waals surface area (Å²) in [4.78, 5) is 5.30. The number of hydrogen-bond donors (Lipinski definition) is 0.